The highest BCUT2D eigenvalue weighted by molar-refractivity contribution is 7.73. The van der Waals surface area contributed by atoms with Crippen molar-refractivity contribution in [1.82, 2.24) is 0 Å². The second-order valence-corrected chi connectivity index (χ2v) is 10.5. The monoisotopic (exact) mass is 407 g/mol. The predicted molar refractivity (Wildman–Crippen MR) is 128 cm³/mol. The van der Waals surface area contributed by atoms with Gasteiger partial charge in [0, 0.05) is 5.92 Å². The van der Waals surface area contributed by atoms with Gasteiger partial charge >= 0.3 is 0 Å². The van der Waals surface area contributed by atoms with Gasteiger partial charge in [0.2, 0.25) is 0 Å². The third kappa shape index (κ3) is 4.46. The van der Waals surface area contributed by atoms with Crippen LogP contribution in [0.25, 0.3) is 0 Å². The first kappa shape index (κ1) is 20.3. The van der Waals surface area contributed by atoms with Crippen LogP contribution in [0.3, 0.4) is 0 Å². The van der Waals surface area contributed by atoms with Crippen LogP contribution in [-0.4, -0.2) is 5.66 Å². The summed E-state index contributed by atoms with van der Waals surface area (Å²) in [5.74, 6) is 0.314. The fourth-order valence-corrected chi connectivity index (χ4v) is 6.91. The molecule has 0 N–H and O–H groups in total. The Morgan fingerprint density at radius 2 is 1.27 bits per heavy atom. The van der Waals surface area contributed by atoms with Gasteiger partial charge in [-0.1, -0.05) is 122 Å². The van der Waals surface area contributed by atoms with E-state index in [1.807, 2.05) is 18.2 Å². The molecular formula is C28H26NP. The van der Waals surface area contributed by atoms with Gasteiger partial charge in [0.25, 0.3) is 0 Å². The molecule has 0 aromatic heterocycles. The van der Waals surface area contributed by atoms with Gasteiger partial charge < -0.3 is 0 Å². The maximum Gasteiger partial charge on any atom is 0.0974 e. The normalized spacial score (nSPS) is 21.3. The van der Waals surface area contributed by atoms with Crippen molar-refractivity contribution >= 4 is 18.5 Å². The highest BCUT2D eigenvalue weighted by Gasteiger charge is 2.31. The molecule has 0 aliphatic heterocycles. The molecule has 148 valence electrons. The molecule has 1 aliphatic rings. The topological polar surface area (TPSA) is 23.8 Å². The molecule has 4 rings (SSSR count). The molecule has 0 radical (unpaired) electrons. The maximum absolute atomic E-state index is 9.94. The summed E-state index contributed by atoms with van der Waals surface area (Å²) in [7, 11) is -0.504. The number of allylic oxidation sites excluding steroid dienone is 4. The van der Waals surface area contributed by atoms with Crippen molar-refractivity contribution in [3.05, 3.63) is 121 Å². The average Bonchev–Trinajstić information content (AvgIpc) is 2.82. The highest BCUT2D eigenvalue weighted by atomic mass is 31.1. The molecule has 0 fully saturated rings. The SMILES string of the molecule is CC(C1C=CC(C#N)(Cc2ccccc2)C=C1)P(c1ccccc1)c1ccccc1. The van der Waals surface area contributed by atoms with Crippen molar-refractivity contribution < 1.29 is 0 Å². The van der Waals surface area contributed by atoms with Gasteiger partial charge in [0.05, 0.1) is 11.5 Å². The van der Waals surface area contributed by atoms with Crippen LogP contribution in [0, 0.1) is 22.7 Å². The van der Waals surface area contributed by atoms with Gasteiger partial charge in [-0.3, -0.25) is 0 Å². The summed E-state index contributed by atoms with van der Waals surface area (Å²) in [6, 6.07) is 34.5. The van der Waals surface area contributed by atoms with Crippen LogP contribution in [0.5, 0.6) is 0 Å². The zero-order valence-corrected chi connectivity index (χ0v) is 18.1. The zero-order valence-electron chi connectivity index (χ0n) is 17.2. The van der Waals surface area contributed by atoms with Gasteiger partial charge in [-0.15, -0.1) is 0 Å². The van der Waals surface area contributed by atoms with E-state index >= 15 is 0 Å². The Bertz CT molecular complexity index is 995. The number of hydrogen-bond donors (Lipinski definition) is 0. The lowest BCUT2D eigenvalue weighted by atomic mass is 9.77. The first-order valence-electron chi connectivity index (χ1n) is 10.4. The van der Waals surface area contributed by atoms with E-state index in [2.05, 4.69) is 110 Å². The van der Waals surface area contributed by atoms with E-state index in [-0.39, 0.29) is 0 Å². The van der Waals surface area contributed by atoms with E-state index in [0.717, 1.165) is 0 Å². The Morgan fingerprint density at radius 1 is 0.800 bits per heavy atom. The van der Waals surface area contributed by atoms with Gasteiger partial charge in [-0.25, -0.2) is 0 Å². The molecule has 0 amide bonds. The van der Waals surface area contributed by atoms with E-state index in [1.54, 1.807) is 0 Å². The Labute approximate surface area is 181 Å². The van der Waals surface area contributed by atoms with Crippen LogP contribution in [0.2, 0.25) is 0 Å². The highest BCUT2D eigenvalue weighted by Crippen LogP contribution is 2.45. The summed E-state index contributed by atoms with van der Waals surface area (Å²) in [6.45, 7) is 2.35. The summed E-state index contributed by atoms with van der Waals surface area (Å²) in [4.78, 5) is 0. The molecular weight excluding hydrogens is 381 g/mol. The quantitative estimate of drug-likeness (QED) is 0.363. The molecule has 1 aliphatic carbocycles. The molecule has 0 saturated carbocycles. The summed E-state index contributed by atoms with van der Waals surface area (Å²) in [5.41, 5.74) is 1.07. The molecule has 3 aromatic carbocycles. The second-order valence-electron chi connectivity index (χ2n) is 7.89. The van der Waals surface area contributed by atoms with Crippen molar-refractivity contribution in [3.63, 3.8) is 0 Å². The van der Waals surface area contributed by atoms with E-state index in [9.17, 15) is 5.26 Å². The first-order chi connectivity index (χ1) is 14.7. The van der Waals surface area contributed by atoms with Crippen LogP contribution in [0.4, 0.5) is 0 Å². The molecule has 3 aromatic rings. The largest absolute Gasteiger partial charge is 0.197 e. The number of nitriles is 1. The minimum atomic E-state index is -0.556. The van der Waals surface area contributed by atoms with Crippen LogP contribution in [0.15, 0.2) is 115 Å². The van der Waals surface area contributed by atoms with E-state index < -0.39 is 13.3 Å². The average molecular weight is 407 g/mol. The van der Waals surface area contributed by atoms with Gasteiger partial charge in [0.1, 0.15) is 0 Å². The third-order valence-electron chi connectivity index (χ3n) is 5.81. The van der Waals surface area contributed by atoms with E-state index in [0.29, 0.717) is 18.0 Å². The van der Waals surface area contributed by atoms with Crippen molar-refractivity contribution in [2.24, 2.45) is 11.3 Å². The minimum Gasteiger partial charge on any atom is -0.197 e. The lowest BCUT2D eigenvalue weighted by Crippen LogP contribution is -2.27. The molecule has 1 nitrogen and oxygen atoms in total. The first-order valence-corrected chi connectivity index (χ1v) is 11.9. The molecule has 30 heavy (non-hydrogen) atoms. The predicted octanol–water partition coefficient (Wildman–Crippen LogP) is 6.00. The molecule has 0 heterocycles. The Kier molecular flexibility index (Phi) is 6.27. The van der Waals surface area contributed by atoms with Crippen molar-refractivity contribution in [3.8, 4) is 6.07 Å². The lowest BCUT2D eigenvalue weighted by molar-refractivity contribution is 0.605. The second kappa shape index (κ2) is 9.25. The van der Waals surface area contributed by atoms with Crippen molar-refractivity contribution in [2.45, 2.75) is 19.0 Å². The number of rotatable bonds is 6. The molecule has 0 saturated heterocycles. The summed E-state index contributed by atoms with van der Waals surface area (Å²) in [6.07, 6.45) is 9.50. The number of nitrogens with zero attached hydrogens (tertiary/aromatic N) is 1. The van der Waals surface area contributed by atoms with Crippen LogP contribution >= 0.6 is 7.92 Å². The summed E-state index contributed by atoms with van der Waals surface area (Å²) < 4.78 is 0. The zero-order chi connectivity index (χ0) is 20.8. The fourth-order valence-electron chi connectivity index (χ4n) is 4.14. The molecule has 0 spiro atoms. The van der Waals surface area contributed by atoms with Crippen LogP contribution in [-0.2, 0) is 6.42 Å². The van der Waals surface area contributed by atoms with E-state index in [1.165, 1.54) is 16.2 Å². The van der Waals surface area contributed by atoms with Gasteiger partial charge in [0.15, 0.2) is 0 Å². The molecule has 1 atom stereocenters. The smallest absolute Gasteiger partial charge is 0.0974 e. The van der Waals surface area contributed by atoms with Crippen molar-refractivity contribution in [1.29, 1.82) is 5.26 Å². The van der Waals surface area contributed by atoms with Gasteiger partial charge in [-0.2, -0.15) is 5.26 Å². The van der Waals surface area contributed by atoms with Gasteiger partial charge in [-0.05, 0) is 36.2 Å². The number of benzene rings is 3. The molecule has 2 heteroatoms. The van der Waals surface area contributed by atoms with Crippen LogP contribution in [0.1, 0.15) is 12.5 Å². The lowest BCUT2D eigenvalue weighted by Gasteiger charge is -2.32. The summed E-state index contributed by atoms with van der Waals surface area (Å²) >= 11 is 0. The van der Waals surface area contributed by atoms with Crippen LogP contribution < -0.4 is 10.6 Å². The maximum atomic E-state index is 9.94. The standard InChI is InChI=1S/C28H26NP/c1-23(30(26-13-7-3-8-14-26)27-15-9-4-10-16-27)25-17-19-28(22-29,20-18-25)21-24-11-5-2-6-12-24/h2-20,23,25H,21H2,1H3. The Morgan fingerprint density at radius 3 is 1.73 bits per heavy atom. The fraction of sp³-hybridized carbons (Fsp3) is 0.179. The Hall–Kier alpha value is -2.94. The molecule has 0 bridgehead atoms. The Balaban J connectivity index is 1.60. The molecule has 1 unspecified atom stereocenters. The third-order valence-corrected chi connectivity index (χ3v) is 8.68. The van der Waals surface area contributed by atoms with Crippen molar-refractivity contribution in [2.75, 3.05) is 0 Å². The summed E-state index contributed by atoms with van der Waals surface area (Å²) in [5, 5.41) is 12.7. The minimum absolute atomic E-state index is 0.314. The number of hydrogen-bond acceptors (Lipinski definition) is 1. The van der Waals surface area contributed by atoms with E-state index in [4.69, 9.17) is 0 Å².